The maximum atomic E-state index is 12.8. The van der Waals surface area contributed by atoms with Crippen molar-refractivity contribution < 1.29 is 9.18 Å². The number of nitrogens with one attached hydrogen (secondary N) is 1. The van der Waals surface area contributed by atoms with E-state index in [-0.39, 0.29) is 17.0 Å². The molecule has 7 heteroatoms. The largest absolute Gasteiger partial charge is 0.384 e. The van der Waals surface area contributed by atoms with E-state index in [1.807, 2.05) is 6.92 Å². The van der Waals surface area contributed by atoms with E-state index in [0.29, 0.717) is 17.5 Å². The van der Waals surface area contributed by atoms with Crippen LogP contribution in [0.5, 0.6) is 0 Å². The molecule has 1 aromatic heterocycles. The van der Waals surface area contributed by atoms with Crippen LogP contribution < -0.4 is 11.1 Å². The molecule has 22 heavy (non-hydrogen) atoms. The minimum absolute atomic E-state index is 0.141. The number of halogens is 1. The van der Waals surface area contributed by atoms with Gasteiger partial charge >= 0.3 is 0 Å². The molecule has 2 aromatic rings. The Balaban J connectivity index is 1.90. The highest BCUT2D eigenvalue weighted by Crippen LogP contribution is 2.20. The third-order valence-electron chi connectivity index (χ3n) is 2.88. The summed E-state index contributed by atoms with van der Waals surface area (Å²) in [6.45, 7) is 3.94. The molecule has 0 aliphatic rings. The molecule has 116 valence electrons. The fourth-order valence-corrected chi connectivity index (χ4v) is 2.63. The number of carbonyl (C=O) groups is 1. The molecule has 0 aliphatic heterocycles. The lowest BCUT2D eigenvalue weighted by Crippen LogP contribution is -2.30. The molecule has 0 fully saturated rings. The Bertz CT molecular complexity index is 643. The maximum absolute atomic E-state index is 12.8. The Morgan fingerprint density at radius 3 is 2.68 bits per heavy atom. The van der Waals surface area contributed by atoms with Gasteiger partial charge in [-0.05, 0) is 31.5 Å². The van der Waals surface area contributed by atoms with Gasteiger partial charge in [0.2, 0.25) is 5.91 Å². The third-order valence-corrected chi connectivity index (χ3v) is 3.85. The highest BCUT2D eigenvalue weighted by atomic mass is 32.2. The first kappa shape index (κ1) is 16.2. The Morgan fingerprint density at radius 2 is 2.05 bits per heavy atom. The topological polar surface area (TPSA) is 80.9 Å². The Morgan fingerprint density at radius 1 is 1.36 bits per heavy atom. The first-order valence-corrected chi connectivity index (χ1v) is 7.62. The minimum atomic E-state index is -0.360. The maximum Gasteiger partial charge on any atom is 0.233 e. The molecule has 1 aromatic carbocycles. The second kappa shape index (κ2) is 7.22. The van der Waals surface area contributed by atoms with E-state index >= 15 is 0 Å². The van der Waals surface area contributed by atoms with Crippen molar-refractivity contribution in [3.05, 3.63) is 47.4 Å². The van der Waals surface area contributed by atoms with Gasteiger partial charge in [-0.15, -0.1) is 0 Å². The van der Waals surface area contributed by atoms with E-state index in [0.717, 1.165) is 11.3 Å². The van der Waals surface area contributed by atoms with Crippen molar-refractivity contribution in [3.63, 3.8) is 0 Å². The summed E-state index contributed by atoms with van der Waals surface area (Å²) >= 11 is 1.24. The molecule has 5 nitrogen and oxygen atoms in total. The fraction of sp³-hybridized carbons (Fsp3) is 0.267. The fourth-order valence-electron chi connectivity index (χ4n) is 1.76. The van der Waals surface area contributed by atoms with Crippen molar-refractivity contribution >= 4 is 23.5 Å². The highest BCUT2D eigenvalue weighted by Gasteiger charge is 2.16. The van der Waals surface area contributed by atoms with Crippen LogP contribution in [0.2, 0.25) is 0 Å². The summed E-state index contributed by atoms with van der Waals surface area (Å²) < 4.78 is 12.8. The molecule has 0 bridgehead atoms. The molecule has 0 radical (unpaired) electrons. The molecule has 3 N–H and O–H groups in total. The minimum Gasteiger partial charge on any atom is -0.384 e. The molecular weight excluding hydrogens is 303 g/mol. The number of hydrogen-bond donors (Lipinski definition) is 2. The molecule has 0 saturated heterocycles. The van der Waals surface area contributed by atoms with Crippen molar-refractivity contribution in [2.45, 2.75) is 30.8 Å². The number of nitrogen functional groups attached to an aromatic ring is 1. The van der Waals surface area contributed by atoms with Gasteiger partial charge in [-0.3, -0.25) is 4.79 Å². The smallest absolute Gasteiger partial charge is 0.233 e. The van der Waals surface area contributed by atoms with Crippen molar-refractivity contribution in [2.24, 2.45) is 0 Å². The predicted molar refractivity (Wildman–Crippen MR) is 84.7 cm³/mol. The number of thioether (sulfide) groups is 1. The molecule has 0 aliphatic carbocycles. The number of aryl methyl sites for hydroxylation is 1. The van der Waals surface area contributed by atoms with Crippen LogP contribution in [-0.4, -0.2) is 21.1 Å². The van der Waals surface area contributed by atoms with Gasteiger partial charge in [0.15, 0.2) is 5.16 Å². The number of nitrogens with two attached hydrogens (primary N) is 1. The van der Waals surface area contributed by atoms with E-state index in [1.54, 1.807) is 25.1 Å². The summed E-state index contributed by atoms with van der Waals surface area (Å²) in [6, 6.07) is 7.67. The molecule has 2 rings (SSSR count). The van der Waals surface area contributed by atoms with Gasteiger partial charge in [0, 0.05) is 18.3 Å². The lowest BCUT2D eigenvalue weighted by molar-refractivity contribution is -0.120. The van der Waals surface area contributed by atoms with Gasteiger partial charge in [0.05, 0.1) is 5.25 Å². The first-order chi connectivity index (χ1) is 10.4. The number of aromatic nitrogens is 2. The number of nitrogens with zero attached hydrogens (tertiary/aromatic N) is 2. The molecule has 1 heterocycles. The zero-order chi connectivity index (χ0) is 16.1. The third kappa shape index (κ3) is 4.70. The van der Waals surface area contributed by atoms with Gasteiger partial charge < -0.3 is 11.1 Å². The van der Waals surface area contributed by atoms with Gasteiger partial charge in [0.25, 0.3) is 0 Å². The van der Waals surface area contributed by atoms with Gasteiger partial charge in [0.1, 0.15) is 11.6 Å². The van der Waals surface area contributed by atoms with Crippen LogP contribution in [0.3, 0.4) is 0 Å². The summed E-state index contributed by atoms with van der Waals surface area (Å²) in [4.78, 5) is 20.4. The number of carbonyl (C=O) groups excluding carboxylic acids is 1. The number of hydrogen-bond acceptors (Lipinski definition) is 5. The quantitative estimate of drug-likeness (QED) is 0.652. The predicted octanol–water partition coefficient (Wildman–Crippen LogP) is 2.30. The highest BCUT2D eigenvalue weighted by molar-refractivity contribution is 8.00. The molecule has 0 spiro atoms. The Hall–Kier alpha value is -2.15. The lowest BCUT2D eigenvalue weighted by atomic mass is 10.2. The summed E-state index contributed by atoms with van der Waals surface area (Å²) in [6.07, 6.45) is 0. The van der Waals surface area contributed by atoms with E-state index < -0.39 is 0 Å². The van der Waals surface area contributed by atoms with E-state index in [2.05, 4.69) is 15.3 Å². The number of rotatable bonds is 5. The van der Waals surface area contributed by atoms with Crippen LogP contribution in [0, 0.1) is 12.7 Å². The lowest BCUT2D eigenvalue weighted by Gasteiger charge is -2.11. The van der Waals surface area contributed by atoms with Crippen molar-refractivity contribution in [3.8, 4) is 0 Å². The zero-order valence-corrected chi connectivity index (χ0v) is 13.2. The zero-order valence-electron chi connectivity index (χ0n) is 12.3. The van der Waals surface area contributed by atoms with E-state index in [9.17, 15) is 9.18 Å². The first-order valence-electron chi connectivity index (χ1n) is 6.74. The average Bonchev–Trinajstić information content (AvgIpc) is 2.45. The van der Waals surface area contributed by atoms with Gasteiger partial charge in [-0.25, -0.2) is 14.4 Å². The molecule has 1 amide bonds. The Kier molecular flexibility index (Phi) is 5.32. The summed E-state index contributed by atoms with van der Waals surface area (Å²) in [5.74, 6) is -0.0555. The molecular formula is C15H17FN4OS. The molecule has 0 saturated carbocycles. The Labute approximate surface area is 132 Å². The average molecular weight is 320 g/mol. The van der Waals surface area contributed by atoms with Crippen LogP contribution in [0.15, 0.2) is 35.5 Å². The van der Waals surface area contributed by atoms with E-state index in [1.165, 1.54) is 23.9 Å². The summed E-state index contributed by atoms with van der Waals surface area (Å²) in [5, 5.41) is 2.91. The van der Waals surface area contributed by atoms with Gasteiger partial charge in [-0.2, -0.15) is 0 Å². The summed E-state index contributed by atoms with van der Waals surface area (Å²) in [5.41, 5.74) is 7.26. The van der Waals surface area contributed by atoms with Crippen LogP contribution in [0.25, 0.3) is 0 Å². The number of benzene rings is 1. The second-order valence-corrected chi connectivity index (χ2v) is 6.13. The van der Waals surface area contributed by atoms with Crippen LogP contribution >= 0.6 is 11.8 Å². The van der Waals surface area contributed by atoms with Crippen molar-refractivity contribution in [1.29, 1.82) is 0 Å². The molecule has 1 atom stereocenters. The van der Waals surface area contributed by atoms with Crippen molar-refractivity contribution in [1.82, 2.24) is 15.3 Å². The number of anilines is 1. The van der Waals surface area contributed by atoms with E-state index in [4.69, 9.17) is 5.73 Å². The monoisotopic (exact) mass is 320 g/mol. The van der Waals surface area contributed by atoms with Crippen molar-refractivity contribution in [2.75, 3.05) is 5.73 Å². The molecule has 0 unspecified atom stereocenters. The SMILES string of the molecule is Cc1cc(N)nc(S[C@H](C)C(=O)NCc2ccc(F)cc2)n1. The standard InChI is InChI=1S/C15H17FN4OS/c1-9-7-13(17)20-15(19-9)22-10(2)14(21)18-8-11-3-5-12(16)6-4-11/h3-7,10H,8H2,1-2H3,(H,18,21)(H2,17,19,20)/t10-/m1/s1. The van der Waals surface area contributed by atoms with Crippen LogP contribution in [0.4, 0.5) is 10.2 Å². The van der Waals surface area contributed by atoms with Crippen LogP contribution in [0.1, 0.15) is 18.2 Å². The van der Waals surface area contributed by atoms with Gasteiger partial charge in [-0.1, -0.05) is 23.9 Å². The van der Waals surface area contributed by atoms with Crippen LogP contribution in [-0.2, 0) is 11.3 Å². The summed E-state index contributed by atoms with van der Waals surface area (Å²) in [7, 11) is 0. The second-order valence-electron chi connectivity index (χ2n) is 4.82. The normalized spacial score (nSPS) is 12.0. The number of amides is 1.